The van der Waals surface area contributed by atoms with Gasteiger partial charge in [-0.3, -0.25) is 4.79 Å². The van der Waals surface area contributed by atoms with Gasteiger partial charge in [0.2, 0.25) is 17.1 Å². The molecule has 0 radical (unpaired) electrons. The summed E-state index contributed by atoms with van der Waals surface area (Å²) in [5.41, 5.74) is -2.46. The second-order valence-corrected chi connectivity index (χ2v) is 6.38. The summed E-state index contributed by atoms with van der Waals surface area (Å²) in [4.78, 5) is 34.8. The van der Waals surface area contributed by atoms with Crippen LogP contribution in [-0.4, -0.2) is 27.3 Å². The molecule has 4 rings (SSSR count). The lowest BCUT2D eigenvalue weighted by Gasteiger charge is -2.17. The predicted octanol–water partition coefficient (Wildman–Crippen LogP) is 3.95. The summed E-state index contributed by atoms with van der Waals surface area (Å²) in [7, 11) is 0. The fraction of sp³-hybridized carbons (Fsp3) is 0. The molecule has 0 bridgehead atoms. The number of carboxylic acid groups (broad SMARTS) is 2. The minimum atomic E-state index is -1.48. The van der Waals surface area contributed by atoms with E-state index < -0.39 is 51.7 Å². The third-order valence-electron chi connectivity index (χ3n) is 4.65. The fourth-order valence-corrected chi connectivity index (χ4v) is 3.29. The topological polar surface area (TPSA) is 125 Å². The van der Waals surface area contributed by atoms with E-state index >= 15 is 0 Å². The third-order valence-corrected chi connectivity index (χ3v) is 4.65. The lowest BCUT2D eigenvalue weighted by Crippen LogP contribution is -2.09. The Morgan fingerprint density at radius 3 is 2.23 bits per heavy atom. The van der Waals surface area contributed by atoms with Gasteiger partial charge in [0.15, 0.2) is 17.1 Å². The third kappa shape index (κ3) is 2.75. The number of phenols is 1. The summed E-state index contributed by atoms with van der Waals surface area (Å²) in [6.07, 6.45) is 0. The number of hydrogen-bond donors (Lipinski definition) is 3. The fourth-order valence-electron chi connectivity index (χ4n) is 3.29. The summed E-state index contributed by atoms with van der Waals surface area (Å²) >= 11 is 0. The van der Waals surface area contributed by atoms with E-state index in [1.54, 1.807) is 0 Å². The average Bonchev–Trinajstić information content (AvgIpc) is 2.72. The van der Waals surface area contributed by atoms with E-state index in [-0.39, 0.29) is 27.6 Å². The molecule has 0 aromatic heterocycles. The number of carboxylic acids is 2. The number of fused-ring (bicyclic) bond motifs is 2. The molecule has 9 heteroatoms. The Bertz CT molecular complexity index is 1400. The summed E-state index contributed by atoms with van der Waals surface area (Å²) in [5, 5.41) is 28.4. The van der Waals surface area contributed by atoms with Crippen molar-refractivity contribution >= 4 is 22.9 Å². The van der Waals surface area contributed by atoms with Crippen LogP contribution in [0.4, 0.5) is 8.78 Å². The van der Waals surface area contributed by atoms with Crippen molar-refractivity contribution in [1.29, 1.82) is 0 Å². The van der Waals surface area contributed by atoms with Crippen molar-refractivity contribution in [2.75, 3.05) is 0 Å². The van der Waals surface area contributed by atoms with Crippen LogP contribution in [0.25, 0.3) is 33.4 Å². The number of rotatable bonds is 3. The van der Waals surface area contributed by atoms with Gasteiger partial charge in [-0.15, -0.1) is 0 Å². The monoisotopic (exact) mass is 412 g/mol. The van der Waals surface area contributed by atoms with Crippen LogP contribution in [0.1, 0.15) is 20.7 Å². The van der Waals surface area contributed by atoms with Crippen molar-refractivity contribution in [3.63, 3.8) is 0 Å². The number of aromatic carboxylic acids is 2. The standard InChI is InChI=1S/C21H10F2O7/c22-16-13(24)5-3-10-15(9-2-1-8(20(26)27)7-12(9)21(28)29)11-4-6-14(25)17(23)19(11)30-18(10)16/h1-7,24H,(H,26,27)(H,28,29). The minimum absolute atomic E-state index is 0.00149. The number of carbonyl (C=O) groups is 2. The Labute approximate surface area is 165 Å². The first-order chi connectivity index (χ1) is 14.2. The van der Waals surface area contributed by atoms with Crippen LogP contribution >= 0.6 is 0 Å². The molecule has 150 valence electrons. The van der Waals surface area contributed by atoms with E-state index in [0.29, 0.717) is 0 Å². The molecule has 1 heterocycles. The van der Waals surface area contributed by atoms with Crippen molar-refractivity contribution in [3.8, 4) is 28.2 Å². The van der Waals surface area contributed by atoms with Crippen LogP contribution in [0, 0.1) is 11.6 Å². The highest BCUT2D eigenvalue weighted by molar-refractivity contribution is 6.08. The minimum Gasteiger partial charge on any atom is -0.505 e. The molecule has 0 saturated heterocycles. The number of hydrogen-bond acceptors (Lipinski definition) is 5. The van der Waals surface area contributed by atoms with Gasteiger partial charge >= 0.3 is 11.9 Å². The molecular formula is C21H10F2O7. The molecular weight excluding hydrogens is 402 g/mol. The van der Waals surface area contributed by atoms with Gasteiger partial charge in [-0.05, 0) is 42.0 Å². The Hall–Kier alpha value is -4.27. The Morgan fingerprint density at radius 2 is 1.57 bits per heavy atom. The van der Waals surface area contributed by atoms with Crippen LogP contribution < -0.4 is 5.43 Å². The molecule has 3 N–H and O–H groups in total. The van der Waals surface area contributed by atoms with Gasteiger partial charge < -0.3 is 19.7 Å². The summed E-state index contributed by atoms with van der Waals surface area (Å²) in [5.74, 6) is -6.82. The quantitative estimate of drug-likeness (QED) is 0.435. The van der Waals surface area contributed by atoms with Gasteiger partial charge in [-0.25, -0.2) is 9.59 Å². The lowest BCUT2D eigenvalue weighted by atomic mass is 9.89. The van der Waals surface area contributed by atoms with E-state index in [4.69, 9.17) is 9.52 Å². The molecule has 2 aromatic rings. The maximum atomic E-state index is 14.5. The molecule has 0 spiro atoms. The van der Waals surface area contributed by atoms with Gasteiger partial charge in [0.25, 0.3) is 0 Å². The summed E-state index contributed by atoms with van der Waals surface area (Å²) < 4.78 is 34.3. The maximum absolute atomic E-state index is 14.5. The number of benzene rings is 3. The highest BCUT2D eigenvalue weighted by Crippen LogP contribution is 2.43. The van der Waals surface area contributed by atoms with Crippen LogP contribution in [0.15, 0.2) is 51.7 Å². The first-order valence-electron chi connectivity index (χ1n) is 8.38. The van der Waals surface area contributed by atoms with Crippen LogP contribution in [-0.2, 0) is 0 Å². The SMILES string of the molecule is O=C(O)c1ccc(-c2c3ccc(=O)c(F)c-3oc3c(F)c(O)ccc23)c(C(=O)O)c1. The number of aromatic hydroxyl groups is 1. The smallest absolute Gasteiger partial charge is 0.336 e. The molecule has 0 atom stereocenters. The molecule has 0 saturated carbocycles. The number of phenolic OH excluding ortho intramolecular Hbond substituents is 1. The van der Waals surface area contributed by atoms with Crippen LogP contribution in [0.2, 0.25) is 0 Å². The molecule has 0 amide bonds. The maximum Gasteiger partial charge on any atom is 0.336 e. The first-order valence-corrected chi connectivity index (χ1v) is 8.38. The molecule has 1 aliphatic carbocycles. The van der Waals surface area contributed by atoms with E-state index in [2.05, 4.69) is 0 Å². The summed E-state index contributed by atoms with van der Waals surface area (Å²) in [6.45, 7) is 0. The average molecular weight is 412 g/mol. The van der Waals surface area contributed by atoms with E-state index in [1.165, 1.54) is 18.2 Å². The predicted molar refractivity (Wildman–Crippen MR) is 100 cm³/mol. The second kappa shape index (κ2) is 6.66. The Kier molecular flexibility index (Phi) is 4.23. The lowest BCUT2D eigenvalue weighted by molar-refractivity contribution is 0.0696. The Morgan fingerprint density at radius 1 is 0.867 bits per heavy atom. The van der Waals surface area contributed by atoms with E-state index in [0.717, 1.165) is 24.3 Å². The number of halogens is 2. The van der Waals surface area contributed by atoms with Crippen molar-refractivity contribution in [1.82, 2.24) is 0 Å². The van der Waals surface area contributed by atoms with Crippen molar-refractivity contribution in [2.24, 2.45) is 0 Å². The zero-order chi connectivity index (χ0) is 21.7. The van der Waals surface area contributed by atoms with Crippen LogP contribution in [0.3, 0.4) is 0 Å². The van der Waals surface area contributed by atoms with Crippen LogP contribution in [0.5, 0.6) is 5.75 Å². The van der Waals surface area contributed by atoms with Crippen molar-refractivity contribution in [3.05, 3.63) is 75.4 Å². The van der Waals surface area contributed by atoms with Gasteiger partial charge in [-0.1, -0.05) is 6.07 Å². The first kappa shape index (κ1) is 19.1. The molecule has 2 aliphatic rings. The molecule has 7 nitrogen and oxygen atoms in total. The van der Waals surface area contributed by atoms with Crippen molar-refractivity contribution < 1.29 is 38.1 Å². The van der Waals surface area contributed by atoms with Gasteiger partial charge in [-0.2, -0.15) is 8.78 Å². The largest absolute Gasteiger partial charge is 0.505 e. The second-order valence-electron chi connectivity index (χ2n) is 6.38. The van der Waals surface area contributed by atoms with Gasteiger partial charge in [0, 0.05) is 16.5 Å². The molecule has 0 unspecified atom stereocenters. The zero-order valence-corrected chi connectivity index (χ0v) is 14.8. The van der Waals surface area contributed by atoms with Crippen molar-refractivity contribution in [2.45, 2.75) is 0 Å². The molecule has 0 fully saturated rings. The zero-order valence-electron chi connectivity index (χ0n) is 14.8. The van der Waals surface area contributed by atoms with Gasteiger partial charge in [0.05, 0.1) is 11.1 Å². The van der Waals surface area contributed by atoms with E-state index in [1.807, 2.05) is 0 Å². The Balaban J connectivity index is 2.24. The molecule has 2 aromatic carbocycles. The highest BCUT2D eigenvalue weighted by Gasteiger charge is 2.27. The van der Waals surface area contributed by atoms with Gasteiger partial charge in [0.1, 0.15) is 0 Å². The molecule has 1 aliphatic heterocycles. The summed E-state index contributed by atoms with van der Waals surface area (Å²) in [6, 6.07) is 7.59. The highest BCUT2D eigenvalue weighted by atomic mass is 19.1. The van der Waals surface area contributed by atoms with E-state index in [9.17, 15) is 33.4 Å². The normalized spacial score (nSPS) is 11.1. The molecule has 30 heavy (non-hydrogen) atoms.